The van der Waals surface area contributed by atoms with Gasteiger partial charge in [-0.2, -0.15) is 0 Å². The Morgan fingerprint density at radius 1 is 1.00 bits per heavy atom. The molecule has 0 saturated heterocycles. The summed E-state index contributed by atoms with van der Waals surface area (Å²) in [6, 6.07) is 17.1. The Morgan fingerprint density at radius 2 is 1.60 bits per heavy atom. The topological polar surface area (TPSA) is 37.4 Å². The monoisotopic (exact) mass is 265 g/mol. The second-order valence-corrected chi connectivity index (χ2v) is 5.17. The van der Waals surface area contributed by atoms with Gasteiger partial charge in [0.2, 0.25) is 11.8 Å². The number of rotatable bonds is 1. The average Bonchev–Trinajstić information content (AvgIpc) is 2.70. The minimum Gasteiger partial charge on any atom is -0.274 e. The van der Waals surface area contributed by atoms with E-state index in [0.717, 1.165) is 11.1 Å². The van der Waals surface area contributed by atoms with E-state index >= 15 is 0 Å². The largest absolute Gasteiger partial charge is 0.274 e. The molecule has 0 fully saturated rings. The molecule has 20 heavy (non-hydrogen) atoms. The third-order valence-electron chi connectivity index (χ3n) is 3.98. The number of carbonyl (C=O) groups is 2. The molecule has 1 aliphatic heterocycles. The first kappa shape index (κ1) is 12.6. The van der Waals surface area contributed by atoms with E-state index in [4.69, 9.17) is 0 Å². The van der Waals surface area contributed by atoms with Crippen molar-refractivity contribution in [2.24, 2.45) is 0 Å². The van der Waals surface area contributed by atoms with E-state index in [1.807, 2.05) is 61.5 Å². The van der Waals surface area contributed by atoms with Crippen molar-refractivity contribution < 1.29 is 9.59 Å². The van der Waals surface area contributed by atoms with Crippen molar-refractivity contribution in [2.45, 2.75) is 19.3 Å². The second kappa shape index (κ2) is 4.30. The van der Waals surface area contributed by atoms with E-state index in [1.54, 1.807) is 0 Å². The van der Waals surface area contributed by atoms with Crippen LogP contribution in [0.3, 0.4) is 0 Å². The molecular formula is C17H15NO2. The van der Waals surface area contributed by atoms with Crippen molar-refractivity contribution in [3.63, 3.8) is 0 Å². The molecule has 1 unspecified atom stereocenters. The van der Waals surface area contributed by atoms with Crippen LogP contribution >= 0.6 is 0 Å². The summed E-state index contributed by atoms with van der Waals surface area (Å²) in [5, 5.41) is 0. The number of para-hydroxylation sites is 1. The van der Waals surface area contributed by atoms with Gasteiger partial charge >= 0.3 is 0 Å². The van der Waals surface area contributed by atoms with Gasteiger partial charge in [0.15, 0.2) is 0 Å². The number of hydrogen-bond acceptors (Lipinski definition) is 2. The third-order valence-corrected chi connectivity index (χ3v) is 3.98. The van der Waals surface area contributed by atoms with Gasteiger partial charge in [-0.3, -0.25) is 9.59 Å². The van der Waals surface area contributed by atoms with Crippen LogP contribution in [0.5, 0.6) is 0 Å². The predicted octanol–water partition coefficient (Wildman–Crippen LogP) is 2.89. The van der Waals surface area contributed by atoms with Gasteiger partial charge in [-0.1, -0.05) is 48.5 Å². The molecule has 0 saturated carbocycles. The highest BCUT2D eigenvalue weighted by Gasteiger charge is 2.49. The highest BCUT2D eigenvalue weighted by Crippen LogP contribution is 2.45. The molecule has 1 atom stereocenters. The Labute approximate surface area is 117 Å². The Hall–Kier alpha value is -2.42. The zero-order valence-electron chi connectivity index (χ0n) is 11.5. The molecular weight excluding hydrogens is 250 g/mol. The summed E-state index contributed by atoms with van der Waals surface area (Å²) in [4.78, 5) is 26.0. The fourth-order valence-corrected chi connectivity index (χ4v) is 2.90. The Balaban J connectivity index is 2.28. The smallest absolute Gasteiger partial charge is 0.248 e. The fourth-order valence-electron chi connectivity index (χ4n) is 2.90. The summed E-state index contributed by atoms with van der Waals surface area (Å²) < 4.78 is 0. The standard InChI is InChI=1S/C17H15NO2/c1-12(19)18-15-11-7-6-10-14(15)17(2,16(18)20)13-8-4-3-5-9-13/h3-11H,1-2H3. The van der Waals surface area contributed by atoms with Gasteiger partial charge in [-0.25, -0.2) is 4.90 Å². The first-order valence-electron chi connectivity index (χ1n) is 6.57. The average molecular weight is 265 g/mol. The zero-order valence-corrected chi connectivity index (χ0v) is 11.5. The van der Waals surface area contributed by atoms with Gasteiger partial charge in [0.1, 0.15) is 0 Å². The minimum absolute atomic E-state index is 0.183. The summed E-state index contributed by atoms with van der Waals surface area (Å²) in [5.74, 6) is -0.431. The molecule has 0 N–H and O–H groups in total. The highest BCUT2D eigenvalue weighted by molar-refractivity contribution is 6.23. The van der Waals surface area contributed by atoms with Crippen LogP contribution in [0.15, 0.2) is 54.6 Å². The van der Waals surface area contributed by atoms with Crippen LogP contribution in [-0.4, -0.2) is 11.8 Å². The Bertz CT molecular complexity index is 693. The van der Waals surface area contributed by atoms with Gasteiger partial charge in [0.25, 0.3) is 0 Å². The van der Waals surface area contributed by atoms with Crippen molar-refractivity contribution in [2.75, 3.05) is 4.90 Å². The highest BCUT2D eigenvalue weighted by atomic mass is 16.2. The van der Waals surface area contributed by atoms with Gasteiger partial charge in [0, 0.05) is 6.92 Å². The summed E-state index contributed by atoms with van der Waals surface area (Å²) in [5.41, 5.74) is 1.67. The number of carbonyl (C=O) groups excluding carboxylic acids is 2. The van der Waals surface area contributed by atoms with Crippen molar-refractivity contribution in [1.29, 1.82) is 0 Å². The molecule has 2 amide bonds. The molecule has 0 aromatic heterocycles. The normalized spacial score (nSPS) is 20.9. The maximum Gasteiger partial charge on any atom is 0.248 e. The van der Waals surface area contributed by atoms with Gasteiger partial charge in [0.05, 0.1) is 11.1 Å². The third kappa shape index (κ3) is 1.53. The van der Waals surface area contributed by atoms with Crippen LogP contribution in [0.25, 0.3) is 0 Å². The first-order chi connectivity index (χ1) is 9.56. The molecule has 0 radical (unpaired) electrons. The summed E-state index contributed by atoms with van der Waals surface area (Å²) in [6.45, 7) is 3.30. The summed E-state index contributed by atoms with van der Waals surface area (Å²) in [6.07, 6.45) is 0. The molecule has 100 valence electrons. The lowest BCUT2D eigenvalue weighted by Gasteiger charge is -2.24. The van der Waals surface area contributed by atoms with Crippen LogP contribution in [-0.2, 0) is 15.0 Å². The van der Waals surface area contributed by atoms with Gasteiger partial charge in [-0.15, -0.1) is 0 Å². The molecule has 0 spiro atoms. The van der Waals surface area contributed by atoms with E-state index in [1.165, 1.54) is 11.8 Å². The number of imide groups is 1. The lowest BCUT2D eigenvalue weighted by atomic mass is 9.77. The molecule has 1 aliphatic rings. The van der Waals surface area contributed by atoms with Gasteiger partial charge in [-0.05, 0) is 24.1 Å². The van der Waals surface area contributed by atoms with E-state index in [-0.39, 0.29) is 11.8 Å². The molecule has 2 aromatic carbocycles. The number of anilines is 1. The van der Waals surface area contributed by atoms with Gasteiger partial charge < -0.3 is 0 Å². The van der Waals surface area contributed by atoms with Crippen molar-refractivity contribution in [3.8, 4) is 0 Å². The van der Waals surface area contributed by atoms with E-state index in [2.05, 4.69) is 0 Å². The number of benzene rings is 2. The van der Waals surface area contributed by atoms with Crippen LogP contribution in [0.4, 0.5) is 5.69 Å². The minimum atomic E-state index is -0.802. The molecule has 0 bridgehead atoms. The van der Waals surface area contributed by atoms with Crippen LogP contribution in [0.2, 0.25) is 0 Å². The van der Waals surface area contributed by atoms with E-state index in [0.29, 0.717) is 5.69 Å². The number of fused-ring (bicyclic) bond motifs is 1. The summed E-state index contributed by atoms with van der Waals surface area (Å²) in [7, 11) is 0. The molecule has 3 nitrogen and oxygen atoms in total. The lowest BCUT2D eigenvalue weighted by molar-refractivity contribution is -0.126. The number of nitrogens with zero attached hydrogens (tertiary/aromatic N) is 1. The predicted molar refractivity (Wildman–Crippen MR) is 77.5 cm³/mol. The van der Waals surface area contributed by atoms with E-state index in [9.17, 15) is 9.59 Å². The quantitative estimate of drug-likeness (QED) is 0.795. The summed E-state index contributed by atoms with van der Waals surface area (Å²) >= 11 is 0. The van der Waals surface area contributed by atoms with Crippen molar-refractivity contribution in [3.05, 3.63) is 65.7 Å². The lowest BCUT2D eigenvalue weighted by Crippen LogP contribution is -2.41. The molecule has 3 heteroatoms. The van der Waals surface area contributed by atoms with Crippen LogP contribution in [0, 0.1) is 0 Å². The molecule has 3 rings (SSSR count). The zero-order chi connectivity index (χ0) is 14.3. The van der Waals surface area contributed by atoms with Crippen LogP contribution < -0.4 is 4.90 Å². The molecule has 0 aliphatic carbocycles. The first-order valence-corrected chi connectivity index (χ1v) is 6.57. The van der Waals surface area contributed by atoms with Crippen LogP contribution in [0.1, 0.15) is 25.0 Å². The molecule has 2 aromatic rings. The Kier molecular flexibility index (Phi) is 2.71. The molecule has 1 heterocycles. The Morgan fingerprint density at radius 3 is 2.25 bits per heavy atom. The van der Waals surface area contributed by atoms with E-state index < -0.39 is 5.41 Å². The fraction of sp³-hybridized carbons (Fsp3) is 0.176. The maximum absolute atomic E-state index is 12.8. The second-order valence-electron chi connectivity index (χ2n) is 5.17. The number of hydrogen-bond donors (Lipinski definition) is 0. The van der Waals surface area contributed by atoms with Crippen molar-refractivity contribution >= 4 is 17.5 Å². The van der Waals surface area contributed by atoms with Crippen molar-refractivity contribution in [1.82, 2.24) is 0 Å². The maximum atomic E-state index is 12.8. The number of amides is 2. The SMILES string of the molecule is CC(=O)N1C(=O)C(C)(c2ccccc2)c2ccccc21.